The van der Waals surface area contributed by atoms with E-state index in [0.717, 1.165) is 23.5 Å². The molecule has 2 aromatic rings. The number of carbonyl (C=O) groups excluding carboxylic acids is 1. The third-order valence-corrected chi connectivity index (χ3v) is 4.06. The molecule has 0 aliphatic heterocycles. The average Bonchev–Trinajstić information content (AvgIpc) is 3.00. The Morgan fingerprint density at radius 2 is 1.69 bits per heavy atom. The van der Waals surface area contributed by atoms with Crippen LogP contribution in [0.1, 0.15) is 64.1 Å². The summed E-state index contributed by atoms with van der Waals surface area (Å²) in [5.74, 6) is 1.40. The van der Waals surface area contributed by atoms with E-state index in [9.17, 15) is 4.79 Å². The first-order valence-corrected chi connectivity index (χ1v) is 9.21. The van der Waals surface area contributed by atoms with Crippen molar-refractivity contribution in [2.24, 2.45) is 5.41 Å². The van der Waals surface area contributed by atoms with Crippen molar-refractivity contribution >= 4 is 5.97 Å². The lowest BCUT2D eigenvalue weighted by Crippen LogP contribution is -2.41. The number of benzene rings is 1. The van der Waals surface area contributed by atoms with Crippen molar-refractivity contribution in [1.29, 1.82) is 0 Å². The van der Waals surface area contributed by atoms with Crippen LogP contribution in [0.2, 0.25) is 0 Å². The molecule has 0 unspecified atom stereocenters. The van der Waals surface area contributed by atoms with Gasteiger partial charge in [0.05, 0.1) is 18.7 Å². The molecule has 0 aliphatic rings. The highest BCUT2D eigenvalue weighted by atomic mass is 16.5. The minimum absolute atomic E-state index is 0.0342. The molecule has 1 aromatic heterocycles. The number of rotatable bonds is 7. The number of carbonyl (C=O) groups is 1. The standard InChI is InChI=1S/C22H31NO3/c1-7-25-20(24)17-10-8-16(9-11-17)19-13-12-18(26-19)14-23-22(5,6)15-21(2,3)4/h8-13,23H,7,14-15H2,1-6H3. The summed E-state index contributed by atoms with van der Waals surface area (Å²) < 4.78 is 11.0. The smallest absolute Gasteiger partial charge is 0.338 e. The van der Waals surface area contributed by atoms with Gasteiger partial charge in [0, 0.05) is 11.1 Å². The second kappa shape index (κ2) is 8.09. The van der Waals surface area contributed by atoms with Crippen LogP contribution >= 0.6 is 0 Å². The molecule has 0 saturated heterocycles. The maximum atomic E-state index is 11.7. The molecule has 1 heterocycles. The minimum Gasteiger partial charge on any atom is -0.462 e. The molecular weight excluding hydrogens is 326 g/mol. The van der Waals surface area contributed by atoms with Crippen LogP contribution in [-0.2, 0) is 11.3 Å². The first kappa shape index (κ1) is 20.2. The van der Waals surface area contributed by atoms with E-state index in [1.165, 1.54) is 0 Å². The van der Waals surface area contributed by atoms with Crippen molar-refractivity contribution in [2.45, 2.75) is 60.0 Å². The molecule has 4 nitrogen and oxygen atoms in total. The van der Waals surface area contributed by atoms with Crippen LogP contribution < -0.4 is 5.32 Å². The zero-order chi connectivity index (χ0) is 19.4. The number of hydrogen-bond donors (Lipinski definition) is 1. The van der Waals surface area contributed by atoms with E-state index in [4.69, 9.17) is 9.15 Å². The molecule has 0 fully saturated rings. The summed E-state index contributed by atoms with van der Waals surface area (Å²) in [5.41, 5.74) is 1.80. The topological polar surface area (TPSA) is 51.5 Å². The summed E-state index contributed by atoms with van der Waals surface area (Å²) >= 11 is 0. The van der Waals surface area contributed by atoms with Crippen molar-refractivity contribution in [3.8, 4) is 11.3 Å². The molecule has 0 spiro atoms. The van der Waals surface area contributed by atoms with E-state index in [-0.39, 0.29) is 16.9 Å². The predicted octanol–water partition coefficient (Wildman–Crippen LogP) is 5.43. The molecule has 0 atom stereocenters. The molecule has 1 N–H and O–H groups in total. The van der Waals surface area contributed by atoms with Gasteiger partial charge in [-0.3, -0.25) is 0 Å². The molecule has 142 valence electrons. The van der Waals surface area contributed by atoms with Gasteiger partial charge < -0.3 is 14.5 Å². The average molecular weight is 357 g/mol. The predicted molar refractivity (Wildman–Crippen MR) is 105 cm³/mol. The Morgan fingerprint density at radius 1 is 1.04 bits per heavy atom. The van der Waals surface area contributed by atoms with Crippen molar-refractivity contribution in [2.75, 3.05) is 6.61 Å². The highest BCUT2D eigenvalue weighted by molar-refractivity contribution is 5.89. The second-order valence-corrected chi connectivity index (χ2v) is 8.54. The number of furan rings is 1. The minimum atomic E-state index is -0.301. The van der Waals surface area contributed by atoms with E-state index in [1.54, 1.807) is 19.1 Å². The van der Waals surface area contributed by atoms with Gasteiger partial charge in [0.25, 0.3) is 0 Å². The maximum absolute atomic E-state index is 11.7. The van der Waals surface area contributed by atoms with E-state index >= 15 is 0 Å². The summed E-state index contributed by atoms with van der Waals surface area (Å²) in [7, 11) is 0. The molecule has 26 heavy (non-hydrogen) atoms. The van der Waals surface area contributed by atoms with Crippen molar-refractivity contribution in [3.63, 3.8) is 0 Å². The summed E-state index contributed by atoms with van der Waals surface area (Å²) in [6.07, 6.45) is 1.07. The van der Waals surface area contributed by atoms with Crippen LogP contribution in [0.4, 0.5) is 0 Å². The summed E-state index contributed by atoms with van der Waals surface area (Å²) in [5, 5.41) is 3.58. The Morgan fingerprint density at radius 3 is 2.27 bits per heavy atom. The van der Waals surface area contributed by atoms with Crippen LogP contribution in [0.15, 0.2) is 40.8 Å². The lowest BCUT2D eigenvalue weighted by molar-refractivity contribution is 0.0526. The summed E-state index contributed by atoms with van der Waals surface area (Å²) in [4.78, 5) is 11.7. The fraction of sp³-hybridized carbons (Fsp3) is 0.500. The van der Waals surface area contributed by atoms with Crippen LogP contribution in [-0.4, -0.2) is 18.1 Å². The van der Waals surface area contributed by atoms with Gasteiger partial charge in [0.1, 0.15) is 11.5 Å². The zero-order valence-electron chi connectivity index (χ0n) is 16.8. The first-order chi connectivity index (χ1) is 12.1. The molecule has 2 rings (SSSR count). The van der Waals surface area contributed by atoms with Crippen LogP contribution in [0.25, 0.3) is 11.3 Å². The summed E-state index contributed by atoms with van der Waals surface area (Å²) in [6, 6.07) is 11.2. The Balaban J connectivity index is 2.00. The van der Waals surface area contributed by atoms with Gasteiger partial charge in [0.15, 0.2) is 0 Å². The molecule has 0 aliphatic carbocycles. The fourth-order valence-corrected chi connectivity index (χ4v) is 3.33. The molecule has 4 heteroatoms. The van der Waals surface area contributed by atoms with Gasteiger partial charge in [-0.05, 0) is 56.9 Å². The van der Waals surface area contributed by atoms with Gasteiger partial charge in [-0.25, -0.2) is 4.79 Å². The lowest BCUT2D eigenvalue weighted by Gasteiger charge is -2.33. The second-order valence-electron chi connectivity index (χ2n) is 8.54. The number of esters is 1. The fourth-order valence-electron chi connectivity index (χ4n) is 3.33. The van der Waals surface area contributed by atoms with Gasteiger partial charge in [0.2, 0.25) is 0 Å². The SMILES string of the molecule is CCOC(=O)c1ccc(-c2ccc(CNC(C)(C)CC(C)(C)C)o2)cc1. The molecule has 0 saturated carbocycles. The maximum Gasteiger partial charge on any atom is 0.338 e. The normalized spacial score (nSPS) is 12.2. The Kier molecular flexibility index (Phi) is 6.30. The van der Waals surface area contributed by atoms with Gasteiger partial charge >= 0.3 is 5.97 Å². The van der Waals surface area contributed by atoms with Gasteiger partial charge in [-0.1, -0.05) is 32.9 Å². The Bertz CT molecular complexity index is 721. The van der Waals surface area contributed by atoms with Crippen LogP contribution in [0.5, 0.6) is 0 Å². The number of ether oxygens (including phenoxy) is 1. The number of nitrogens with one attached hydrogen (secondary N) is 1. The molecule has 1 aromatic carbocycles. The quantitative estimate of drug-likeness (QED) is 0.672. The zero-order valence-corrected chi connectivity index (χ0v) is 16.8. The van der Waals surface area contributed by atoms with E-state index < -0.39 is 0 Å². The molecule has 0 bridgehead atoms. The van der Waals surface area contributed by atoms with Crippen molar-refractivity contribution in [3.05, 3.63) is 47.7 Å². The van der Waals surface area contributed by atoms with Crippen LogP contribution in [0, 0.1) is 5.41 Å². The highest BCUT2D eigenvalue weighted by Crippen LogP contribution is 2.28. The van der Waals surface area contributed by atoms with E-state index in [2.05, 4.69) is 39.9 Å². The molecular formula is C22H31NO3. The third-order valence-electron chi connectivity index (χ3n) is 4.06. The third kappa shape index (κ3) is 6.03. The Hall–Kier alpha value is -2.07. The highest BCUT2D eigenvalue weighted by Gasteiger charge is 2.25. The lowest BCUT2D eigenvalue weighted by atomic mass is 9.82. The Labute approximate surface area is 156 Å². The largest absolute Gasteiger partial charge is 0.462 e. The van der Waals surface area contributed by atoms with Gasteiger partial charge in [-0.15, -0.1) is 0 Å². The monoisotopic (exact) mass is 357 g/mol. The molecule has 0 amide bonds. The van der Waals surface area contributed by atoms with Crippen molar-refractivity contribution in [1.82, 2.24) is 5.32 Å². The first-order valence-electron chi connectivity index (χ1n) is 9.21. The summed E-state index contributed by atoms with van der Waals surface area (Å²) in [6.45, 7) is 14.1. The van der Waals surface area contributed by atoms with E-state index in [0.29, 0.717) is 18.7 Å². The molecule has 0 radical (unpaired) electrons. The van der Waals surface area contributed by atoms with Crippen LogP contribution in [0.3, 0.4) is 0 Å². The van der Waals surface area contributed by atoms with Gasteiger partial charge in [-0.2, -0.15) is 0 Å². The number of hydrogen-bond acceptors (Lipinski definition) is 4. The van der Waals surface area contributed by atoms with Crippen molar-refractivity contribution < 1.29 is 13.9 Å². The van der Waals surface area contributed by atoms with E-state index in [1.807, 2.05) is 24.3 Å².